The number of fused-ring (bicyclic) bond motifs is 1. The van der Waals surface area contributed by atoms with Crippen molar-refractivity contribution in [2.75, 3.05) is 6.54 Å². The molecule has 1 aromatic heterocycles. The normalized spacial score (nSPS) is 12.2. The monoisotopic (exact) mass is 365 g/mol. The van der Waals surface area contributed by atoms with Crippen LogP contribution >= 0.6 is 23.7 Å². The molecule has 0 saturated heterocycles. The van der Waals surface area contributed by atoms with Crippen LogP contribution in [0.2, 0.25) is 0 Å². The molecule has 0 aliphatic carbocycles. The van der Waals surface area contributed by atoms with Crippen LogP contribution in [0.4, 0.5) is 0 Å². The molecule has 0 spiro atoms. The molecule has 1 aliphatic rings. The Morgan fingerprint density at radius 3 is 2.75 bits per heavy atom. The van der Waals surface area contributed by atoms with Crippen LogP contribution in [0.5, 0.6) is 0 Å². The van der Waals surface area contributed by atoms with Gasteiger partial charge in [0.2, 0.25) is 5.91 Å². The summed E-state index contributed by atoms with van der Waals surface area (Å²) in [5.41, 5.74) is 4.38. The Hall–Kier alpha value is -1.89. The molecule has 7 heteroatoms. The third-order valence-electron chi connectivity index (χ3n) is 3.81. The van der Waals surface area contributed by atoms with Gasteiger partial charge in [-0.1, -0.05) is 18.2 Å². The summed E-state index contributed by atoms with van der Waals surface area (Å²) in [6.45, 7) is 2.68. The lowest BCUT2D eigenvalue weighted by Gasteiger charge is -2.08. The highest BCUT2D eigenvalue weighted by Gasteiger charge is 2.10. The van der Waals surface area contributed by atoms with Gasteiger partial charge in [0.15, 0.2) is 0 Å². The summed E-state index contributed by atoms with van der Waals surface area (Å²) in [5.74, 6) is -0.195. The summed E-state index contributed by atoms with van der Waals surface area (Å²) in [5, 5.41) is 12.6. The highest BCUT2D eigenvalue weighted by atomic mass is 35.5. The smallest absolute Gasteiger partial charge is 0.252 e. The molecule has 0 unspecified atom stereocenters. The third kappa shape index (κ3) is 4.80. The van der Waals surface area contributed by atoms with E-state index in [9.17, 15) is 9.59 Å². The van der Waals surface area contributed by atoms with Crippen LogP contribution in [0, 0.1) is 0 Å². The molecule has 1 aliphatic heterocycles. The average molecular weight is 366 g/mol. The van der Waals surface area contributed by atoms with Gasteiger partial charge in [-0.2, -0.15) is 11.3 Å². The molecule has 2 aromatic rings. The van der Waals surface area contributed by atoms with E-state index in [1.54, 1.807) is 11.4 Å². The number of halogens is 1. The lowest BCUT2D eigenvalue weighted by molar-refractivity contribution is -0.121. The van der Waals surface area contributed by atoms with Crippen LogP contribution in [-0.4, -0.2) is 18.4 Å². The zero-order chi connectivity index (χ0) is 16.1. The molecule has 0 radical (unpaired) electrons. The van der Waals surface area contributed by atoms with E-state index >= 15 is 0 Å². The zero-order valence-electron chi connectivity index (χ0n) is 13.1. The summed E-state index contributed by atoms with van der Waals surface area (Å²) in [6.07, 6.45) is 0.280. The van der Waals surface area contributed by atoms with Gasteiger partial charge in [0.1, 0.15) is 0 Å². The Morgan fingerprint density at radius 1 is 1.12 bits per heavy atom. The molecule has 128 valence electrons. The van der Waals surface area contributed by atoms with Gasteiger partial charge in [-0.25, -0.2) is 0 Å². The van der Waals surface area contributed by atoms with Gasteiger partial charge in [0.25, 0.3) is 5.91 Å². The van der Waals surface area contributed by atoms with Gasteiger partial charge < -0.3 is 16.0 Å². The first kappa shape index (κ1) is 18.4. The maximum atomic E-state index is 11.8. The molecular weight excluding hydrogens is 346 g/mol. The van der Waals surface area contributed by atoms with Crippen LogP contribution in [0.3, 0.4) is 0 Å². The molecule has 0 atom stereocenters. The van der Waals surface area contributed by atoms with Crippen molar-refractivity contribution >= 4 is 35.6 Å². The quantitative estimate of drug-likeness (QED) is 0.735. The Kier molecular flexibility index (Phi) is 6.78. The van der Waals surface area contributed by atoms with Crippen molar-refractivity contribution < 1.29 is 9.59 Å². The number of carbonyl (C=O) groups excluding carboxylic acids is 2. The summed E-state index contributed by atoms with van der Waals surface area (Å²) in [4.78, 5) is 23.6. The molecule has 3 N–H and O–H groups in total. The number of thiophene rings is 1. The molecule has 0 bridgehead atoms. The predicted molar refractivity (Wildman–Crippen MR) is 97.3 cm³/mol. The van der Waals surface area contributed by atoms with Crippen LogP contribution < -0.4 is 16.0 Å². The van der Waals surface area contributed by atoms with Crippen molar-refractivity contribution in [3.05, 3.63) is 57.3 Å². The number of nitrogens with one attached hydrogen (secondary N) is 3. The van der Waals surface area contributed by atoms with E-state index in [-0.39, 0.29) is 30.6 Å². The molecular formula is C17H20ClN3O2S. The van der Waals surface area contributed by atoms with Crippen molar-refractivity contribution in [2.24, 2.45) is 0 Å². The topological polar surface area (TPSA) is 70.2 Å². The summed E-state index contributed by atoms with van der Waals surface area (Å²) in [6, 6.07) is 8.05. The van der Waals surface area contributed by atoms with Crippen molar-refractivity contribution in [3.63, 3.8) is 0 Å². The molecule has 24 heavy (non-hydrogen) atoms. The van der Waals surface area contributed by atoms with Crippen LogP contribution in [0.1, 0.15) is 33.5 Å². The van der Waals surface area contributed by atoms with Crippen LogP contribution in [0.15, 0.2) is 35.0 Å². The molecule has 2 amide bonds. The molecule has 3 rings (SSSR count). The van der Waals surface area contributed by atoms with E-state index in [2.05, 4.69) is 28.1 Å². The molecule has 0 saturated carbocycles. The van der Waals surface area contributed by atoms with E-state index < -0.39 is 0 Å². The van der Waals surface area contributed by atoms with E-state index in [1.165, 1.54) is 22.5 Å². The highest BCUT2D eigenvalue weighted by molar-refractivity contribution is 7.08. The minimum Gasteiger partial charge on any atom is -0.352 e. The second-order valence-electron chi connectivity index (χ2n) is 5.50. The van der Waals surface area contributed by atoms with Gasteiger partial charge >= 0.3 is 0 Å². The fourth-order valence-corrected chi connectivity index (χ4v) is 3.17. The van der Waals surface area contributed by atoms with Gasteiger partial charge in [-0.3, -0.25) is 9.59 Å². The fourth-order valence-electron chi connectivity index (χ4n) is 2.53. The number of carbonyl (C=O) groups is 2. The van der Waals surface area contributed by atoms with Gasteiger partial charge in [0, 0.05) is 43.5 Å². The minimum atomic E-state index is -0.134. The van der Waals surface area contributed by atoms with Gasteiger partial charge in [-0.15, -0.1) is 12.4 Å². The first-order valence-electron chi connectivity index (χ1n) is 7.61. The van der Waals surface area contributed by atoms with E-state index in [0.717, 1.165) is 18.7 Å². The van der Waals surface area contributed by atoms with Gasteiger partial charge in [-0.05, 0) is 28.1 Å². The maximum Gasteiger partial charge on any atom is 0.252 e. The molecule has 1 aromatic carbocycles. The Balaban J connectivity index is 0.00000208. The third-order valence-corrected chi connectivity index (χ3v) is 4.50. The second-order valence-corrected chi connectivity index (χ2v) is 6.28. The lowest BCUT2D eigenvalue weighted by atomic mass is 10.1. The number of benzene rings is 1. The first-order chi connectivity index (χ1) is 11.2. The van der Waals surface area contributed by atoms with E-state index in [4.69, 9.17) is 0 Å². The zero-order valence-corrected chi connectivity index (χ0v) is 14.8. The average Bonchev–Trinajstić information content (AvgIpc) is 3.23. The lowest BCUT2D eigenvalue weighted by Crippen LogP contribution is -2.30. The number of amides is 2. The van der Waals surface area contributed by atoms with Crippen molar-refractivity contribution in [2.45, 2.75) is 26.1 Å². The Labute approximate surface area is 151 Å². The SMILES string of the molecule is Cl.O=C(CCNC(=O)c1ccsc1)NCc1ccc2c(c1)CNC2. The van der Waals surface area contributed by atoms with Crippen LogP contribution in [0.25, 0.3) is 0 Å². The van der Waals surface area contributed by atoms with E-state index in [1.807, 2.05) is 11.4 Å². The number of hydrogen-bond acceptors (Lipinski definition) is 4. The summed E-state index contributed by atoms with van der Waals surface area (Å²) < 4.78 is 0. The summed E-state index contributed by atoms with van der Waals surface area (Å²) >= 11 is 1.48. The second kappa shape index (κ2) is 8.82. The Bertz CT molecular complexity index is 704. The predicted octanol–water partition coefficient (Wildman–Crippen LogP) is 2.21. The van der Waals surface area contributed by atoms with E-state index in [0.29, 0.717) is 18.7 Å². The molecule has 2 heterocycles. The number of rotatable bonds is 6. The van der Waals surface area contributed by atoms with Crippen molar-refractivity contribution in [1.82, 2.24) is 16.0 Å². The van der Waals surface area contributed by atoms with Gasteiger partial charge in [0.05, 0.1) is 0 Å². The fraction of sp³-hybridized carbons (Fsp3) is 0.294. The maximum absolute atomic E-state index is 11.8. The summed E-state index contributed by atoms with van der Waals surface area (Å²) in [7, 11) is 0. The first-order valence-corrected chi connectivity index (χ1v) is 8.55. The van der Waals surface area contributed by atoms with Crippen molar-refractivity contribution in [1.29, 1.82) is 0 Å². The van der Waals surface area contributed by atoms with Crippen molar-refractivity contribution in [3.8, 4) is 0 Å². The Morgan fingerprint density at radius 2 is 1.96 bits per heavy atom. The molecule has 5 nitrogen and oxygen atoms in total. The standard InChI is InChI=1S/C17H19N3O2S.ClH/c21-16(3-5-19-17(22)14-4-6-23-11-14)20-8-12-1-2-13-9-18-10-15(13)7-12;/h1-2,4,6-7,11,18H,3,5,8-10H2,(H,19,22)(H,20,21);1H. The number of hydrogen-bond donors (Lipinski definition) is 3. The van der Waals surface area contributed by atoms with Crippen LogP contribution in [-0.2, 0) is 24.4 Å². The highest BCUT2D eigenvalue weighted by Crippen LogP contribution is 2.16. The molecule has 0 fully saturated rings. The largest absolute Gasteiger partial charge is 0.352 e. The minimum absolute atomic E-state index is 0.